The third kappa shape index (κ3) is 25.5. The number of hydrogen-bond donors (Lipinski definition) is 0. The number of ether oxygens (including phenoxy) is 4. The van der Waals surface area contributed by atoms with Crippen molar-refractivity contribution in [2.75, 3.05) is 39.6 Å². The molecule has 0 fully saturated rings. The van der Waals surface area contributed by atoms with Crippen molar-refractivity contribution in [2.45, 2.75) is 40.8 Å². The number of rotatable bonds is 13. The van der Waals surface area contributed by atoms with Gasteiger partial charge in [0.1, 0.15) is 13.2 Å². The van der Waals surface area contributed by atoms with Gasteiger partial charge in [0.25, 0.3) is 0 Å². The third-order valence-corrected chi connectivity index (χ3v) is 6.48. The predicted molar refractivity (Wildman–Crippen MR) is 139 cm³/mol. The van der Waals surface area contributed by atoms with Gasteiger partial charge in [-0.05, 0) is 13.8 Å². The van der Waals surface area contributed by atoms with Crippen molar-refractivity contribution in [3.63, 3.8) is 0 Å². The first-order valence-corrected chi connectivity index (χ1v) is 17.8. The number of esters is 2. The first-order chi connectivity index (χ1) is 19.4. The second-order valence-electron chi connectivity index (χ2n) is 8.24. The third-order valence-electron chi connectivity index (χ3n) is 4.36. The maximum atomic E-state index is 11.8. The number of carbonyl (C=O) groups is 2. The van der Waals surface area contributed by atoms with Crippen molar-refractivity contribution < 1.29 is 88.0 Å². The Morgan fingerprint density at radius 1 is 0.614 bits per heavy atom. The van der Waals surface area contributed by atoms with Crippen LogP contribution >= 0.6 is 38.3 Å². The standard InChI is InChI=1S/C20H30N2O6S2.2F6P/c1-5-27-19(23)17-15(3)21(13-29-17)7-9-25-11-12-26-10-8-22-14-30-18(16(22)4)20(24)28-6-2;2*1-7(2,3,4,5)6/h13-14H,5-12H2,1-4H3;;/q+2;2*-1. The van der Waals surface area contributed by atoms with E-state index in [1.807, 2.05) is 34.0 Å². The zero-order chi connectivity index (χ0) is 34.7. The van der Waals surface area contributed by atoms with E-state index < -0.39 is 15.6 Å². The molecule has 0 aromatic carbocycles. The molecule has 0 amide bonds. The van der Waals surface area contributed by atoms with Crippen LogP contribution in [0, 0.1) is 13.8 Å². The number of hydrogen-bond acceptors (Lipinski definition) is 8. The summed E-state index contributed by atoms with van der Waals surface area (Å²) in [5.41, 5.74) is 5.60. The van der Waals surface area contributed by atoms with E-state index in [2.05, 4.69) is 0 Å². The van der Waals surface area contributed by atoms with E-state index in [-0.39, 0.29) is 11.9 Å². The minimum atomic E-state index is -10.7. The van der Waals surface area contributed by atoms with Gasteiger partial charge in [-0.1, -0.05) is 22.7 Å². The van der Waals surface area contributed by atoms with Gasteiger partial charge >= 0.3 is 77.9 Å². The van der Waals surface area contributed by atoms with Crippen molar-refractivity contribution in [3.8, 4) is 0 Å². The molecule has 8 nitrogen and oxygen atoms in total. The molecular formula is C20H30F12N2O6P2S2. The van der Waals surface area contributed by atoms with E-state index in [0.29, 0.717) is 62.5 Å². The molecule has 2 aromatic heterocycles. The molecule has 0 aliphatic heterocycles. The molecule has 262 valence electrons. The van der Waals surface area contributed by atoms with Crippen LogP contribution in [0.3, 0.4) is 0 Å². The molecule has 0 radical (unpaired) electrons. The Morgan fingerprint density at radius 3 is 1.14 bits per heavy atom. The predicted octanol–water partition coefficient (Wildman–Crippen LogP) is 8.85. The van der Waals surface area contributed by atoms with E-state index in [1.54, 1.807) is 13.8 Å². The quantitative estimate of drug-likeness (QED) is 0.0670. The molecule has 0 spiro atoms. The summed E-state index contributed by atoms with van der Waals surface area (Å²) >= 11 is 2.76. The van der Waals surface area contributed by atoms with Gasteiger partial charge in [0.05, 0.1) is 26.4 Å². The van der Waals surface area contributed by atoms with Gasteiger partial charge in [0, 0.05) is 13.8 Å². The van der Waals surface area contributed by atoms with Crippen LogP contribution in [0.1, 0.15) is 44.6 Å². The second-order valence-corrected chi connectivity index (χ2v) is 13.8. The van der Waals surface area contributed by atoms with Crippen molar-refractivity contribution in [1.29, 1.82) is 0 Å². The molecule has 2 rings (SSSR count). The molecule has 0 atom stereocenters. The second kappa shape index (κ2) is 14.3. The maximum absolute atomic E-state index is 11.8. The van der Waals surface area contributed by atoms with Gasteiger partial charge < -0.3 is 18.9 Å². The molecule has 0 aliphatic carbocycles. The van der Waals surface area contributed by atoms with Crippen LogP contribution < -0.4 is 9.13 Å². The summed E-state index contributed by atoms with van der Waals surface area (Å²) in [6.45, 7) is 11.6. The molecule has 2 aromatic rings. The van der Waals surface area contributed by atoms with Crippen LogP contribution in [0.5, 0.6) is 0 Å². The van der Waals surface area contributed by atoms with Gasteiger partial charge in [-0.2, -0.15) is 9.13 Å². The topological polar surface area (TPSA) is 78.8 Å². The molecule has 0 aliphatic rings. The summed E-state index contributed by atoms with van der Waals surface area (Å²) < 4.78 is 144. The van der Waals surface area contributed by atoms with Gasteiger partial charge in [0.15, 0.2) is 22.8 Å². The molecule has 0 unspecified atom stereocenters. The monoisotopic (exact) mass is 748 g/mol. The fourth-order valence-electron chi connectivity index (χ4n) is 2.70. The summed E-state index contributed by atoms with van der Waals surface area (Å²) in [6, 6.07) is 0. The fraction of sp³-hybridized carbons (Fsp3) is 0.600. The van der Waals surface area contributed by atoms with Gasteiger partial charge in [-0.3, -0.25) is 0 Å². The first-order valence-electron chi connectivity index (χ1n) is 12.0. The van der Waals surface area contributed by atoms with E-state index in [9.17, 15) is 60.0 Å². The van der Waals surface area contributed by atoms with Crippen LogP contribution in [0.2, 0.25) is 0 Å². The van der Waals surface area contributed by atoms with E-state index >= 15 is 0 Å². The number of aromatic nitrogens is 2. The average molecular weight is 749 g/mol. The van der Waals surface area contributed by atoms with Crippen molar-refractivity contribution in [1.82, 2.24) is 0 Å². The Hall–Kier alpha value is -1.86. The van der Waals surface area contributed by atoms with Crippen molar-refractivity contribution in [2.24, 2.45) is 0 Å². The summed E-state index contributed by atoms with van der Waals surface area (Å²) in [6.07, 6.45) is 0. The SMILES string of the molecule is CCOC(=O)c1sc[n+](CCOCCOCC[n+]2csc(C(=O)OCC)c2C)c1C.F[P-](F)(F)(F)(F)F.F[P-](F)(F)(F)(F)F. The Morgan fingerprint density at radius 2 is 0.886 bits per heavy atom. The van der Waals surface area contributed by atoms with Gasteiger partial charge in [-0.25, -0.2) is 9.59 Å². The van der Waals surface area contributed by atoms with Crippen molar-refractivity contribution in [3.05, 3.63) is 32.2 Å². The minimum absolute atomic E-state index is 0.277. The normalized spacial score (nSPS) is 14.8. The molecule has 0 saturated carbocycles. The molecule has 0 N–H and O–H groups in total. The number of thiazole rings is 2. The number of carbonyl (C=O) groups excluding carboxylic acids is 2. The molecule has 0 saturated heterocycles. The van der Waals surface area contributed by atoms with Crippen molar-refractivity contribution >= 4 is 50.2 Å². The summed E-state index contributed by atoms with van der Waals surface area (Å²) in [7, 11) is -21.3. The van der Waals surface area contributed by atoms with Crippen LogP contribution in [0.4, 0.5) is 50.4 Å². The van der Waals surface area contributed by atoms with E-state index in [4.69, 9.17) is 18.9 Å². The summed E-state index contributed by atoms with van der Waals surface area (Å²) in [4.78, 5) is 25.0. The number of nitrogens with zero attached hydrogens (tertiary/aromatic N) is 2. The average Bonchev–Trinajstić information content (AvgIpc) is 3.34. The van der Waals surface area contributed by atoms with Gasteiger partial charge in [0.2, 0.25) is 22.4 Å². The zero-order valence-electron chi connectivity index (χ0n) is 23.4. The summed E-state index contributed by atoms with van der Waals surface area (Å²) in [5, 5.41) is 0. The van der Waals surface area contributed by atoms with Crippen LogP contribution in [0.25, 0.3) is 0 Å². The van der Waals surface area contributed by atoms with E-state index in [1.165, 1.54) is 22.7 Å². The van der Waals surface area contributed by atoms with Crippen LogP contribution in [0.15, 0.2) is 11.0 Å². The zero-order valence-corrected chi connectivity index (χ0v) is 26.8. The Labute approximate surface area is 250 Å². The molecule has 24 heteroatoms. The molecular weight excluding hydrogens is 718 g/mol. The number of halogens is 12. The first kappa shape index (κ1) is 42.1. The fourth-order valence-corrected chi connectivity index (χ4v) is 4.57. The Kier molecular flexibility index (Phi) is 13.7. The van der Waals surface area contributed by atoms with Crippen LogP contribution in [-0.2, 0) is 32.0 Å². The van der Waals surface area contributed by atoms with Gasteiger partial charge in [-0.15, -0.1) is 0 Å². The van der Waals surface area contributed by atoms with E-state index in [0.717, 1.165) is 11.4 Å². The molecule has 0 bridgehead atoms. The summed E-state index contributed by atoms with van der Waals surface area (Å²) in [5.74, 6) is -0.553. The Balaban J connectivity index is 0.00000109. The molecule has 44 heavy (non-hydrogen) atoms. The Bertz CT molecular complexity index is 1130. The van der Waals surface area contributed by atoms with Crippen LogP contribution in [-0.4, -0.2) is 51.6 Å². The molecule has 2 heterocycles.